The van der Waals surface area contributed by atoms with Gasteiger partial charge in [-0.1, -0.05) is 17.8 Å². The number of unbranched alkanes of at least 4 members (excludes halogenated alkanes) is 1. The molecule has 124 valence electrons. The van der Waals surface area contributed by atoms with Crippen LogP contribution in [0.2, 0.25) is 0 Å². The van der Waals surface area contributed by atoms with Gasteiger partial charge in [-0.05, 0) is 37.3 Å². The summed E-state index contributed by atoms with van der Waals surface area (Å²) >= 11 is -0.191. The van der Waals surface area contributed by atoms with Gasteiger partial charge in [0.15, 0.2) is 0 Å². The highest BCUT2D eigenvalue weighted by atomic mass is 32.2. The molecule has 0 aliphatic carbocycles. The number of esters is 1. The molecule has 0 saturated heterocycles. The maximum Gasteiger partial charge on any atom is 0.355 e. The van der Waals surface area contributed by atoms with Crippen LogP contribution in [-0.2, 0) is 4.74 Å². The minimum Gasteiger partial charge on any atom is -0.508 e. The number of benzene rings is 1. The number of hydrogen-bond donors (Lipinski definition) is 1. The van der Waals surface area contributed by atoms with Gasteiger partial charge in [0.05, 0.1) is 12.2 Å². The molecule has 1 N–H and O–H groups in total. The Balaban J connectivity index is 2.33. The van der Waals surface area contributed by atoms with Crippen molar-refractivity contribution in [2.24, 2.45) is 0 Å². The summed E-state index contributed by atoms with van der Waals surface area (Å²) in [5.74, 6) is -4.91. The van der Waals surface area contributed by atoms with Crippen molar-refractivity contribution in [1.82, 2.24) is 0 Å². The molecule has 0 radical (unpaired) electrons. The van der Waals surface area contributed by atoms with Crippen molar-refractivity contribution >= 4 is 17.7 Å². The molecule has 1 aromatic carbocycles. The molecule has 0 bridgehead atoms. The molecule has 0 saturated carbocycles. The van der Waals surface area contributed by atoms with Gasteiger partial charge in [-0.25, -0.2) is 4.79 Å². The first-order valence-electron chi connectivity index (χ1n) is 6.46. The van der Waals surface area contributed by atoms with Gasteiger partial charge in [-0.15, -0.1) is 0 Å². The fraction of sp³-hybridized carbons (Fsp3) is 0.500. The van der Waals surface area contributed by atoms with Crippen LogP contribution in [0.4, 0.5) is 17.6 Å². The van der Waals surface area contributed by atoms with Crippen molar-refractivity contribution in [3.8, 4) is 5.75 Å². The number of thioether (sulfide) groups is 1. The van der Waals surface area contributed by atoms with Gasteiger partial charge in [-0.2, -0.15) is 17.6 Å². The van der Waals surface area contributed by atoms with Crippen molar-refractivity contribution in [2.45, 2.75) is 30.4 Å². The molecule has 0 aliphatic rings. The number of phenols is 1. The van der Waals surface area contributed by atoms with Gasteiger partial charge >= 0.3 is 17.1 Å². The molecular formula is C14H16F4O3S. The van der Waals surface area contributed by atoms with E-state index in [0.717, 1.165) is 6.26 Å². The van der Waals surface area contributed by atoms with Gasteiger partial charge in [0.25, 0.3) is 0 Å². The lowest BCUT2D eigenvalue weighted by atomic mass is 10.1. The molecule has 1 aromatic rings. The third kappa shape index (κ3) is 5.08. The molecule has 0 unspecified atom stereocenters. The highest BCUT2D eigenvalue weighted by molar-refractivity contribution is 7.99. The average molecular weight is 340 g/mol. The number of phenolic OH excluding ortho intramolecular Hbond substituents is 1. The van der Waals surface area contributed by atoms with Crippen LogP contribution in [0.3, 0.4) is 0 Å². The highest BCUT2D eigenvalue weighted by Crippen LogP contribution is 2.44. The molecule has 8 heteroatoms. The Morgan fingerprint density at radius 2 is 1.95 bits per heavy atom. The minimum absolute atomic E-state index is 0.0462. The predicted molar refractivity (Wildman–Crippen MR) is 75.6 cm³/mol. The average Bonchev–Trinajstić information content (AvgIpc) is 2.46. The zero-order valence-electron chi connectivity index (χ0n) is 11.8. The summed E-state index contributed by atoms with van der Waals surface area (Å²) in [6, 6.07) is 5.46. The molecule has 0 aliphatic heterocycles. The Morgan fingerprint density at radius 1 is 1.27 bits per heavy atom. The molecule has 0 heterocycles. The lowest BCUT2D eigenvalue weighted by Gasteiger charge is -2.24. The lowest BCUT2D eigenvalue weighted by molar-refractivity contribution is -0.156. The predicted octanol–water partition coefficient (Wildman–Crippen LogP) is 4.31. The van der Waals surface area contributed by atoms with Crippen LogP contribution in [0, 0.1) is 0 Å². The zero-order valence-corrected chi connectivity index (χ0v) is 12.6. The summed E-state index contributed by atoms with van der Waals surface area (Å²) in [6.07, 6.45) is -0.212. The van der Waals surface area contributed by atoms with Gasteiger partial charge in [-0.3, -0.25) is 0 Å². The Bertz CT molecular complexity index is 509. The van der Waals surface area contributed by atoms with Crippen molar-refractivity contribution in [2.75, 3.05) is 12.9 Å². The van der Waals surface area contributed by atoms with Crippen molar-refractivity contribution in [3.05, 3.63) is 29.8 Å². The number of hydrogen-bond acceptors (Lipinski definition) is 4. The van der Waals surface area contributed by atoms with E-state index in [4.69, 9.17) is 4.74 Å². The van der Waals surface area contributed by atoms with Crippen LogP contribution in [0.15, 0.2) is 24.3 Å². The van der Waals surface area contributed by atoms with Crippen molar-refractivity contribution < 1.29 is 32.2 Å². The first-order chi connectivity index (χ1) is 10.2. The van der Waals surface area contributed by atoms with Crippen LogP contribution in [0.25, 0.3) is 0 Å². The van der Waals surface area contributed by atoms with E-state index in [-0.39, 0.29) is 42.5 Å². The lowest BCUT2D eigenvalue weighted by Crippen LogP contribution is -2.37. The SMILES string of the molecule is CSC(F)(F)C(F)(F)CCCCOC(=O)c1cccc(O)c1. The van der Waals surface area contributed by atoms with Gasteiger partial charge in [0, 0.05) is 6.42 Å². The van der Waals surface area contributed by atoms with E-state index in [1.165, 1.54) is 24.3 Å². The first-order valence-corrected chi connectivity index (χ1v) is 7.69. The summed E-state index contributed by atoms with van der Waals surface area (Å²) in [7, 11) is 0. The fourth-order valence-corrected chi connectivity index (χ4v) is 2.03. The Morgan fingerprint density at radius 3 is 2.55 bits per heavy atom. The van der Waals surface area contributed by atoms with Gasteiger partial charge in [0.2, 0.25) is 0 Å². The summed E-state index contributed by atoms with van der Waals surface area (Å²) < 4.78 is 57.1. The second-order valence-corrected chi connectivity index (χ2v) is 5.49. The number of ether oxygens (including phenoxy) is 1. The summed E-state index contributed by atoms with van der Waals surface area (Å²) in [6.45, 7) is -0.157. The third-order valence-corrected chi connectivity index (χ3v) is 3.69. The van der Waals surface area contributed by atoms with Gasteiger partial charge in [0.1, 0.15) is 5.75 Å². The summed E-state index contributed by atoms with van der Waals surface area (Å²) in [5, 5.41) is 5.09. The van der Waals surface area contributed by atoms with E-state index in [2.05, 4.69) is 0 Å². The maximum atomic E-state index is 13.2. The van der Waals surface area contributed by atoms with E-state index in [0.29, 0.717) is 0 Å². The number of alkyl halides is 4. The van der Waals surface area contributed by atoms with Crippen LogP contribution in [0.5, 0.6) is 5.75 Å². The van der Waals surface area contributed by atoms with Crippen LogP contribution >= 0.6 is 11.8 Å². The van der Waals surface area contributed by atoms with E-state index < -0.39 is 23.6 Å². The Labute approximate surface area is 129 Å². The molecule has 0 amide bonds. The van der Waals surface area contributed by atoms with Crippen molar-refractivity contribution in [3.63, 3.8) is 0 Å². The number of carbonyl (C=O) groups is 1. The van der Waals surface area contributed by atoms with E-state index >= 15 is 0 Å². The largest absolute Gasteiger partial charge is 0.508 e. The number of aromatic hydroxyl groups is 1. The van der Waals surface area contributed by atoms with Crippen molar-refractivity contribution in [1.29, 1.82) is 0 Å². The molecular weight excluding hydrogens is 324 g/mol. The molecule has 0 spiro atoms. The Kier molecular flexibility index (Phi) is 6.52. The molecule has 0 atom stereocenters. The number of carbonyl (C=O) groups excluding carboxylic acids is 1. The summed E-state index contributed by atoms with van der Waals surface area (Å²) in [4.78, 5) is 11.6. The topological polar surface area (TPSA) is 46.5 Å². The molecule has 1 rings (SSSR count). The Hall–Kier alpha value is -1.44. The monoisotopic (exact) mass is 340 g/mol. The normalized spacial score (nSPS) is 12.2. The first kappa shape index (κ1) is 18.6. The van der Waals surface area contributed by atoms with E-state index in [1.807, 2.05) is 0 Å². The third-order valence-electron chi connectivity index (χ3n) is 2.88. The second-order valence-electron chi connectivity index (χ2n) is 4.57. The van der Waals surface area contributed by atoms with Gasteiger partial charge < -0.3 is 9.84 Å². The molecule has 22 heavy (non-hydrogen) atoms. The van der Waals surface area contributed by atoms with E-state index in [1.54, 1.807) is 0 Å². The molecule has 3 nitrogen and oxygen atoms in total. The van der Waals surface area contributed by atoms with Crippen LogP contribution < -0.4 is 0 Å². The summed E-state index contributed by atoms with van der Waals surface area (Å²) in [5.41, 5.74) is 0.124. The van der Waals surface area contributed by atoms with Crippen LogP contribution in [0.1, 0.15) is 29.6 Å². The zero-order chi connectivity index (χ0) is 16.8. The standard InChI is InChI=1S/C14H16F4O3S/c1-22-14(17,18)13(15,16)7-2-3-8-21-12(20)10-5-4-6-11(19)9-10/h4-6,9,19H,2-3,7-8H2,1H3. The minimum atomic E-state index is -4.11. The fourth-order valence-electron chi connectivity index (χ4n) is 1.63. The molecule has 0 fully saturated rings. The van der Waals surface area contributed by atoms with E-state index in [9.17, 15) is 27.5 Å². The highest BCUT2D eigenvalue weighted by Gasteiger charge is 2.54. The quantitative estimate of drug-likeness (QED) is 0.435. The molecule has 0 aromatic heterocycles. The van der Waals surface area contributed by atoms with Crippen LogP contribution in [-0.4, -0.2) is 35.1 Å². The smallest absolute Gasteiger partial charge is 0.355 e. The number of rotatable bonds is 8. The maximum absolute atomic E-state index is 13.2. The second kappa shape index (κ2) is 7.71. The number of halogens is 4.